The van der Waals surface area contributed by atoms with Gasteiger partial charge in [0.05, 0.1) is 11.3 Å². The fraction of sp³-hybridized carbons (Fsp3) is 0.533. The number of halogens is 1. The number of carboxylic acid groups (broad SMARTS) is 1. The molecule has 0 aromatic heterocycles. The van der Waals surface area contributed by atoms with E-state index in [2.05, 4.69) is 15.1 Å². The summed E-state index contributed by atoms with van der Waals surface area (Å²) in [7, 11) is -4.24. The number of piperidine rings is 1. The Bertz CT molecular complexity index is 1410. The van der Waals surface area contributed by atoms with Gasteiger partial charge in [-0.2, -0.15) is 9.82 Å². The number of sulfonamides is 1. The summed E-state index contributed by atoms with van der Waals surface area (Å²) in [5.41, 5.74) is 0. The largest absolute Gasteiger partial charge is 0.480 e. The topological polar surface area (TPSA) is 174 Å². The van der Waals surface area contributed by atoms with Crippen LogP contribution in [0.3, 0.4) is 0 Å². The lowest BCUT2D eigenvalue weighted by Crippen LogP contribution is -2.52. The molecule has 4 rings (SSSR count). The molecule has 1 aliphatic heterocycles. The Balaban J connectivity index is 0.00000529. The smallest absolute Gasteiger partial charge is 0.323 e. The Hall–Kier alpha value is -3.42. The van der Waals surface area contributed by atoms with Crippen molar-refractivity contribution in [3.8, 4) is 0 Å². The zero-order valence-corrected chi connectivity index (χ0v) is 26.4. The molecular formula is C30H43ClN6O6S. The zero-order valence-electron chi connectivity index (χ0n) is 24.8. The van der Waals surface area contributed by atoms with Gasteiger partial charge in [-0.1, -0.05) is 49.6 Å². The van der Waals surface area contributed by atoms with Gasteiger partial charge in [0, 0.05) is 26.2 Å². The lowest BCUT2D eigenvalue weighted by Gasteiger charge is -2.32. The van der Waals surface area contributed by atoms with Crippen molar-refractivity contribution >= 4 is 57.3 Å². The van der Waals surface area contributed by atoms with Crippen LogP contribution in [0.5, 0.6) is 0 Å². The standard InChI is InChI=1S/C30H42N6O6S.ClH/c31-33-21-35-14-12-22(13-15-35)18-32-28(37)17-27(30(40)36(20-29(38)39)19-23-6-2-1-3-7-23)34-43(41,42)26-11-10-24-8-4-5-9-25(24)16-26;/h4-5,8-11,16,21-23,27,34H,1-3,6-7,12-15,17-20,31H2,(H,32,37)(H,38,39);1H/t27-;/m0./s1. The zero-order chi connectivity index (χ0) is 30.8. The molecule has 0 radical (unpaired) electrons. The van der Waals surface area contributed by atoms with Gasteiger partial charge in [0.15, 0.2) is 0 Å². The van der Waals surface area contributed by atoms with Gasteiger partial charge in [-0.3, -0.25) is 14.4 Å². The van der Waals surface area contributed by atoms with Crippen LogP contribution in [0, 0.1) is 11.8 Å². The van der Waals surface area contributed by atoms with Crippen LogP contribution in [0.4, 0.5) is 0 Å². The SMILES string of the molecule is Cl.NN=CN1CCC(CNC(=O)C[C@H](NS(=O)(=O)c2ccc3ccccc3c2)C(=O)N(CC(=O)O)CC2CCCCC2)CC1. The third kappa shape index (κ3) is 10.1. The molecule has 2 aliphatic rings. The van der Waals surface area contributed by atoms with Gasteiger partial charge in [-0.15, -0.1) is 12.4 Å². The van der Waals surface area contributed by atoms with Crippen molar-refractivity contribution in [1.29, 1.82) is 0 Å². The second-order valence-electron chi connectivity index (χ2n) is 11.6. The van der Waals surface area contributed by atoms with E-state index >= 15 is 0 Å². The number of carboxylic acids is 1. The molecule has 0 unspecified atom stereocenters. The molecule has 1 atom stereocenters. The van der Waals surface area contributed by atoms with Crippen LogP contribution in [0.25, 0.3) is 10.8 Å². The number of likely N-dealkylation sites (tertiary alicyclic amines) is 1. The molecule has 5 N–H and O–H groups in total. The third-order valence-corrected chi connectivity index (χ3v) is 9.79. The minimum atomic E-state index is -4.24. The summed E-state index contributed by atoms with van der Waals surface area (Å²) in [6.45, 7) is 1.51. The number of nitrogens with two attached hydrogens (primary N) is 1. The Morgan fingerprint density at radius 2 is 1.70 bits per heavy atom. The first-order valence-electron chi connectivity index (χ1n) is 14.9. The molecule has 1 aliphatic carbocycles. The second-order valence-corrected chi connectivity index (χ2v) is 13.3. The van der Waals surface area contributed by atoms with Crippen molar-refractivity contribution in [2.75, 3.05) is 32.7 Å². The van der Waals surface area contributed by atoms with E-state index in [1.807, 2.05) is 17.0 Å². The van der Waals surface area contributed by atoms with Gasteiger partial charge < -0.3 is 26.1 Å². The maximum atomic E-state index is 13.8. The molecule has 44 heavy (non-hydrogen) atoms. The van der Waals surface area contributed by atoms with E-state index in [0.29, 0.717) is 11.9 Å². The summed E-state index contributed by atoms with van der Waals surface area (Å²) in [5.74, 6) is 3.16. The van der Waals surface area contributed by atoms with E-state index in [0.717, 1.165) is 63.4 Å². The van der Waals surface area contributed by atoms with Crippen molar-refractivity contribution in [2.24, 2.45) is 22.8 Å². The van der Waals surface area contributed by atoms with Crippen molar-refractivity contribution < 1.29 is 27.9 Å². The van der Waals surface area contributed by atoms with Gasteiger partial charge in [0.25, 0.3) is 0 Å². The lowest BCUT2D eigenvalue weighted by atomic mass is 9.89. The average Bonchev–Trinajstić information content (AvgIpc) is 3.00. The number of amides is 2. The summed E-state index contributed by atoms with van der Waals surface area (Å²) < 4.78 is 29.5. The average molecular weight is 651 g/mol. The first-order valence-corrected chi connectivity index (χ1v) is 16.4. The van der Waals surface area contributed by atoms with Gasteiger partial charge in [0.2, 0.25) is 21.8 Å². The van der Waals surface area contributed by atoms with E-state index in [-0.39, 0.29) is 35.7 Å². The molecule has 2 aromatic carbocycles. The molecule has 1 heterocycles. The summed E-state index contributed by atoms with van der Waals surface area (Å²) in [4.78, 5) is 41.8. The molecule has 2 aromatic rings. The third-order valence-electron chi connectivity index (χ3n) is 8.32. The number of benzene rings is 2. The fourth-order valence-electron chi connectivity index (χ4n) is 5.95. The number of fused-ring (bicyclic) bond motifs is 1. The van der Waals surface area contributed by atoms with Crippen LogP contribution in [-0.2, 0) is 24.4 Å². The molecule has 242 valence electrons. The number of hydrazone groups is 1. The molecule has 0 bridgehead atoms. The second kappa shape index (κ2) is 16.6. The summed E-state index contributed by atoms with van der Waals surface area (Å²) in [6, 6.07) is 10.5. The first-order chi connectivity index (χ1) is 20.6. The highest BCUT2D eigenvalue weighted by Crippen LogP contribution is 2.25. The molecule has 1 saturated carbocycles. The highest BCUT2D eigenvalue weighted by atomic mass is 35.5. The molecular weight excluding hydrogens is 608 g/mol. The maximum absolute atomic E-state index is 13.8. The van der Waals surface area contributed by atoms with E-state index < -0.39 is 46.8 Å². The minimum Gasteiger partial charge on any atom is -0.480 e. The normalized spacial score (nSPS) is 17.2. The molecule has 2 amide bonds. The van der Waals surface area contributed by atoms with E-state index in [9.17, 15) is 27.9 Å². The van der Waals surface area contributed by atoms with Gasteiger partial charge >= 0.3 is 5.97 Å². The van der Waals surface area contributed by atoms with Crippen molar-refractivity contribution in [3.05, 3.63) is 42.5 Å². The van der Waals surface area contributed by atoms with Gasteiger partial charge in [-0.25, -0.2) is 8.42 Å². The van der Waals surface area contributed by atoms with Crippen LogP contribution < -0.4 is 15.9 Å². The van der Waals surface area contributed by atoms with Crippen LogP contribution in [-0.4, -0.2) is 86.2 Å². The minimum absolute atomic E-state index is 0. The first kappa shape index (κ1) is 35.1. The van der Waals surface area contributed by atoms with Gasteiger partial charge in [-0.05, 0) is 60.4 Å². The number of nitrogens with zero attached hydrogens (tertiary/aromatic N) is 3. The Labute approximate surface area is 264 Å². The van der Waals surface area contributed by atoms with E-state index in [1.54, 1.807) is 24.5 Å². The van der Waals surface area contributed by atoms with Crippen molar-refractivity contribution in [1.82, 2.24) is 19.8 Å². The van der Waals surface area contributed by atoms with Gasteiger partial charge in [0.1, 0.15) is 18.9 Å². The van der Waals surface area contributed by atoms with Crippen LogP contribution in [0.1, 0.15) is 51.4 Å². The Kier molecular flexibility index (Phi) is 13.2. The van der Waals surface area contributed by atoms with E-state index in [4.69, 9.17) is 5.84 Å². The number of aliphatic carboxylic acids is 1. The maximum Gasteiger partial charge on any atom is 0.323 e. The molecule has 14 heteroatoms. The van der Waals surface area contributed by atoms with Crippen molar-refractivity contribution in [3.63, 3.8) is 0 Å². The predicted molar refractivity (Wildman–Crippen MR) is 171 cm³/mol. The monoisotopic (exact) mass is 650 g/mol. The predicted octanol–water partition coefficient (Wildman–Crippen LogP) is 2.52. The summed E-state index contributed by atoms with van der Waals surface area (Å²) >= 11 is 0. The lowest BCUT2D eigenvalue weighted by molar-refractivity contribution is -0.146. The van der Waals surface area contributed by atoms with Crippen LogP contribution in [0.15, 0.2) is 52.5 Å². The number of nitrogens with one attached hydrogen (secondary N) is 2. The summed E-state index contributed by atoms with van der Waals surface area (Å²) in [5, 5.41) is 17.6. The van der Waals surface area contributed by atoms with Crippen LogP contribution >= 0.6 is 12.4 Å². The Morgan fingerprint density at radius 1 is 1.02 bits per heavy atom. The number of hydrogen-bond acceptors (Lipinski definition) is 7. The van der Waals surface area contributed by atoms with Crippen LogP contribution in [0.2, 0.25) is 0 Å². The quantitative estimate of drug-likeness (QED) is 0.111. The summed E-state index contributed by atoms with van der Waals surface area (Å²) in [6.07, 6.45) is 7.59. The molecule has 0 spiro atoms. The number of hydrogen-bond donors (Lipinski definition) is 4. The number of carbonyl (C=O) groups is 3. The molecule has 1 saturated heterocycles. The highest BCUT2D eigenvalue weighted by molar-refractivity contribution is 7.89. The Morgan fingerprint density at radius 3 is 2.36 bits per heavy atom. The number of carbonyl (C=O) groups excluding carboxylic acids is 2. The fourth-order valence-corrected chi connectivity index (χ4v) is 7.17. The van der Waals surface area contributed by atoms with E-state index in [1.165, 1.54) is 17.0 Å². The number of rotatable bonds is 13. The molecule has 2 fully saturated rings. The van der Waals surface area contributed by atoms with Crippen molar-refractivity contribution in [2.45, 2.75) is 62.3 Å². The molecule has 12 nitrogen and oxygen atoms in total. The highest BCUT2D eigenvalue weighted by Gasteiger charge is 2.34.